The number of phenols is 1. The van der Waals surface area contributed by atoms with Gasteiger partial charge in [0.2, 0.25) is 5.88 Å². The molecule has 33 heavy (non-hydrogen) atoms. The third-order valence-corrected chi connectivity index (χ3v) is 6.35. The summed E-state index contributed by atoms with van der Waals surface area (Å²) >= 11 is 7.23. The predicted molar refractivity (Wildman–Crippen MR) is 116 cm³/mol. The minimum absolute atomic E-state index is 0.0462. The molecule has 1 aromatic carbocycles. The summed E-state index contributed by atoms with van der Waals surface area (Å²) in [5.41, 5.74) is -1.47. The maximum atomic E-state index is 13.0. The number of pyridine rings is 1. The van der Waals surface area contributed by atoms with Gasteiger partial charge in [0.25, 0.3) is 5.91 Å². The van der Waals surface area contributed by atoms with Gasteiger partial charge in [-0.3, -0.25) is 9.52 Å². The van der Waals surface area contributed by atoms with Crippen molar-refractivity contribution in [3.8, 4) is 17.4 Å². The van der Waals surface area contributed by atoms with Crippen molar-refractivity contribution in [2.24, 2.45) is 5.41 Å². The standard InChI is InChI=1S/C21H18ClF3N4O3S/c22-18-15(19(31)28-33-14-3-1-13(30)2-4-14)5-6-16(26-18)29-11-7-17(27-29)32-12-10-20(8-9-20)21(23,24)25/h1-7,11,30H,8-10,12H2,(H,28,31). The summed E-state index contributed by atoms with van der Waals surface area (Å²) in [6.07, 6.45) is -2.54. The molecule has 0 saturated heterocycles. The molecule has 0 aliphatic heterocycles. The molecule has 1 amide bonds. The Morgan fingerprint density at radius 2 is 1.94 bits per heavy atom. The lowest BCUT2D eigenvalue weighted by Gasteiger charge is -2.18. The number of carbonyl (C=O) groups is 1. The highest BCUT2D eigenvalue weighted by Gasteiger charge is 2.62. The predicted octanol–water partition coefficient (Wildman–Crippen LogP) is 5.17. The molecule has 1 aliphatic rings. The van der Waals surface area contributed by atoms with Crippen LogP contribution in [0.3, 0.4) is 0 Å². The number of rotatable bonds is 8. The van der Waals surface area contributed by atoms with Gasteiger partial charge >= 0.3 is 6.18 Å². The Hall–Kier alpha value is -2.92. The number of phenolic OH excluding ortho intramolecular Hbond substituents is 1. The van der Waals surface area contributed by atoms with Crippen LogP contribution in [-0.2, 0) is 0 Å². The van der Waals surface area contributed by atoms with E-state index in [1.54, 1.807) is 12.1 Å². The van der Waals surface area contributed by atoms with Crippen molar-refractivity contribution >= 4 is 29.5 Å². The summed E-state index contributed by atoms with van der Waals surface area (Å²) in [5.74, 6) is 0.138. The van der Waals surface area contributed by atoms with Crippen molar-refractivity contribution < 1.29 is 27.8 Å². The summed E-state index contributed by atoms with van der Waals surface area (Å²) in [6.45, 7) is -0.0947. The first-order valence-electron chi connectivity index (χ1n) is 9.85. The van der Waals surface area contributed by atoms with E-state index >= 15 is 0 Å². The normalized spacial score (nSPS) is 14.7. The average Bonchev–Trinajstić information content (AvgIpc) is 3.43. The van der Waals surface area contributed by atoms with Gasteiger partial charge in [-0.05, 0) is 67.6 Å². The lowest BCUT2D eigenvalue weighted by molar-refractivity contribution is -0.190. The van der Waals surface area contributed by atoms with Crippen LogP contribution in [0.15, 0.2) is 53.6 Å². The molecule has 1 saturated carbocycles. The monoisotopic (exact) mass is 498 g/mol. The van der Waals surface area contributed by atoms with Crippen molar-refractivity contribution in [2.45, 2.75) is 30.3 Å². The average molecular weight is 499 g/mol. The number of nitrogens with one attached hydrogen (secondary N) is 1. The molecule has 4 rings (SSSR count). The minimum atomic E-state index is -4.22. The molecule has 7 nitrogen and oxygen atoms in total. The number of aromatic nitrogens is 3. The zero-order chi connectivity index (χ0) is 23.6. The Morgan fingerprint density at radius 1 is 1.21 bits per heavy atom. The van der Waals surface area contributed by atoms with E-state index in [2.05, 4.69) is 14.8 Å². The van der Waals surface area contributed by atoms with Crippen LogP contribution >= 0.6 is 23.5 Å². The molecule has 2 aromatic heterocycles. The molecule has 2 heterocycles. The van der Waals surface area contributed by atoms with Crippen molar-refractivity contribution in [3.05, 3.63) is 59.4 Å². The van der Waals surface area contributed by atoms with Gasteiger partial charge in [-0.2, -0.15) is 13.2 Å². The lowest BCUT2D eigenvalue weighted by atomic mass is 10.0. The fourth-order valence-corrected chi connectivity index (χ4v) is 3.91. The highest BCUT2D eigenvalue weighted by molar-refractivity contribution is 7.98. The van der Waals surface area contributed by atoms with Crippen LogP contribution in [0.2, 0.25) is 5.15 Å². The van der Waals surface area contributed by atoms with Crippen LogP contribution < -0.4 is 9.46 Å². The number of amides is 1. The quantitative estimate of drug-likeness (QED) is 0.329. The van der Waals surface area contributed by atoms with Gasteiger partial charge in [0.05, 0.1) is 17.6 Å². The Morgan fingerprint density at radius 3 is 2.58 bits per heavy atom. The van der Waals surface area contributed by atoms with Gasteiger partial charge in [-0.15, -0.1) is 5.10 Å². The van der Waals surface area contributed by atoms with Gasteiger partial charge in [0.15, 0.2) is 5.82 Å². The van der Waals surface area contributed by atoms with Crippen molar-refractivity contribution in [1.82, 2.24) is 19.5 Å². The third kappa shape index (κ3) is 5.36. The molecule has 0 radical (unpaired) electrons. The van der Waals surface area contributed by atoms with Crippen LogP contribution in [0, 0.1) is 5.41 Å². The van der Waals surface area contributed by atoms with E-state index < -0.39 is 17.5 Å². The van der Waals surface area contributed by atoms with E-state index in [4.69, 9.17) is 16.3 Å². The third-order valence-electron chi connectivity index (χ3n) is 5.26. The van der Waals surface area contributed by atoms with Crippen LogP contribution in [0.25, 0.3) is 5.82 Å². The molecule has 0 atom stereocenters. The van der Waals surface area contributed by atoms with Crippen molar-refractivity contribution in [1.29, 1.82) is 0 Å². The zero-order valence-electron chi connectivity index (χ0n) is 17.0. The smallest absolute Gasteiger partial charge is 0.394 e. The van der Waals surface area contributed by atoms with E-state index in [0.717, 1.165) is 11.9 Å². The molecule has 2 N–H and O–H groups in total. The first-order chi connectivity index (χ1) is 15.7. The Bertz CT molecular complexity index is 1150. The van der Waals surface area contributed by atoms with Crippen LogP contribution in [-0.4, -0.2) is 38.6 Å². The number of halogens is 4. The topological polar surface area (TPSA) is 89.3 Å². The van der Waals surface area contributed by atoms with Gasteiger partial charge in [-0.25, -0.2) is 9.67 Å². The Labute approximate surface area is 196 Å². The maximum Gasteiger partial charge on any atom is 0.394 e. The van der Waals surface area contributed by atoms with E-state index in [1.165, 1.54) is 41.2 Å². The van der Waals surface area contributed by atoms with Crippen LogP contribution in [0.4, 0.5) is 13.2 Å². The Kier molecular flexibility index (Phi) is 6.44. The fraction of sp³-hybridized carbons (Fsp3) is 0.286. The van der Waals surface area contributed by atoms with Gasteiger partial charge in [0.1, 0.15) is 10.9 Å². The molecular weight excluding hydrogens is 481 g/mol. The maximum absolute atomic E-state index is 13.0. The number of hydrogen-bond donors (Lipinski definition) is 2. The molecule has 12 heteroatoms. The zero-order valence-corrected chi connectivity index (χ0v) is 18.5. The molecule has 1 fully saturated rings. The minimum Gasteiger partial charge on any atom is -0.508 e. The molecule has 1 aliphatic carbocycles. The molecular formula is C21H18ClF3N4O3S. The Balaban J connectivity index is 1.34. The van der Waals surface area contributed by atoms with E-state index in [-0.39, 0.29) is 48.2 Å². The molecule has 3 aromatic rings. The largest absolute Gasteiger partial charge is 0.508 e. The molecule has 0 unspecified atom stereocenters. The summed E-state index contributed by atoms with van der Waals surface area (Å²) in [6, 6.07) is 10.8. The second-order valence-electron chi connectivity index (χ2n) is 7.51. The second kappa shape index (κ2) is 9.14. The van der Waals surface area contributed by atoms with E-state index in [0.29, 0.717) is 10.7 Å². The first-order valence-corrected chi connectivity index (χ1v) is 11.0. The summed E-state index contributed by atoms with van der Waals surface area (Å²) < 4.78 is 48.3. The van der Waals surface area contributed by atoms with Crippen molar-refractivity contribution in [3.63, 3.8) is 0 Å². The number of aromatic hydroxyl groups is 1. The van der Waals surface area contributed by atoms with Gasteiger partial charge in [-0.1, -0.05) is 11.6 Å². The van der Waals surface area contributed by atoms with E-state index in [9.17, 15) is 23.1 Å². The lowest BCUT2D eigenvalue weighted by Crippen LogP contribution is -2.26. The fourth-order valence-electron chi connectivity index (χ4n) is 3.08. The number of benzene rings is 1. The summed E-state index contributed by atoms with van der Waals surface area (Å²) in [7, 11) is 0. The number of alkyl halides is 3. The molecule has 174 valence electrons. The first kappa shape index (κ1) is 23.2. The van der Waals surface area contributed by atoms with Crippen LogP contribution in [0.1, 0.15) is 29.6 Å². The summed E-state index contributed by atoms with van der Waals surface area (Å²) in [5, 5.41) is 13.4. The second-order valence-corrected chi connectivity index (χ2v) is 8.75. The van der Waals surface area contributed by atoms with E-state index in [1.807, 2.05) is 0 Å². The molecule has 0 spiro atoms. The number of hydrogen-bond acceptors (Lipinski definition) is 6. The highest BCUT2D eigenvalue weighted by atomic mass is 35.5. The van der Waals surface area contributed by atoms with Crippen LogP contribution in [0.5, 0.6) is 11.6 Å². The molecule has 0 bridgehead atoms. The number of ether oxygens (including phenoxy) is 1. The van der Waals surface area contributed by atoms with Crippen molar-refractivity contribution in [2.75, 3.05) is 6.61 Å². The number of nitrogens with zero attached hydrogens (tertiary/aromatic N) is 3. The number of carbonyl (C=O) groups excluding carboxylic acids is 1. The SMILES string of the molecule is O=C(NSc1ccc(O)cc1)c1ccc(-n2ccc(OCCC3(C(F)(F)F)CC3)n2)nc1Cl. The summed E-state index contributed by atoms with van der Waals surface area (Å²) in [4.78, 5) is 17.3. The van der Waals surface area contributed by atoms with Gasteiger partial charge < -0.3 is 9.84 Å². The highest BCUT2D eigenvalue weighted by Crippen LogP contribution is 2.59. The van der Waals surface area contributed by atoms with Gasteiger partial charge in [0, 0.05) is 17.2 Å².